The standard InChI is InChI=1S/C12H9N5O/c18-12(8-2-1-3-13-5-8)17-9-4-10-11(14-6-9)16-7-15-10/h1-7H,(H,17,18)(H,14,15,16). The van der Waals surface area contributed by atoms with E-state index in [-0.39, 0.29) is 5.91 Å². The highest BCUT2D eigenvalue weighted by Gasteiger charge is 2.07. The van der Waals surface area contributed by atoms with Crippen molar-refractivity contribution < 1.29 is 4.79 Å². The highest BCUT2D eigenvalue weighted by atomic mass is 16.1. The van der Waals surface area contributed by atoms with Crippen LogP contribution in [0.2, 0.25) is 0 Å². The molecule has 0 aliphatic heterocycles. The molecule has 0 spiro atoms. The Balaban J connectivity index is 1.86. The van der Waals surface area contributed by atoms with Crippen LogP contribution >= 0.6 is 0 Å². The lowest BCUT2D eigenvalue weighted by molar-refractivity contribution is 0.102. The summed E-state index contributed by atoms with van der Waals surface area (Å²) in [4.78, 5) is 26.8. The lowest BCUT2D eigenvalue weighted by Crippen LogP contribution is -2.12. The molecule has 0 atom stereocenters. The van der Waals surface area contributed by atoms with Gasteiger partial charge in [-0.15, -0.1) is 0 Å². The first kappa shape index (κ1) is 10.4. The van der Waals surface area contributed by atoms with Crippen molar-refractivity contribution in [2.24, 2.45) is 0 Å². The number of imidazole rings is 1. The van der Waals surface area contributed by atoms with Gasteiger partial charge in [-0.1, -0.05) is 0 Å². The molecule has 0 fully saturated rings. The van der Waals surface area contributed by atoms with Crippen LogP contribution in [-0.4, -0.2) is 25.8 Å². The summed E-state index contributed by atoms with van der Waals surface area (Å²) in [6.07, 6.45) is 6.26. The summed E-state index contributed by atoms with van der Waals surface area (Å²) in [5.74, 6) is -0.219. The first-order chi connectivity index (χ1) is 8.83. The smallest absolute Gasteiger partial charge is 0.257 e. The van der Waals surface area contributed by atoms with Crippen molar-refractivity contribution in [3.63, 3.8) is 0 Å². The summed E-state index contributed by atoms with van der Waals surface area (Å²) >= 11 is 0. The zero-order valence-corrected chi connectivity index (χ0v) is 9.29. The topological polar surface area (TPSA) is 83.6 Å². The van der Waals surface area contributed by atoms with Gasteiger partial charge in [0.05, 0.1) is 29.3 Å². The molecule has 3 rings (SSSR count). The first-order valence-corrected chi connectivity index (χ1v) is 5.33. The van der Waals surface area contributed by atoms with Gasteiger partial charge in [0.2, 0.25) is 0 Å². The maximum atomic E-state index is 11.9. The van der Waals surface area contributed by atoms with Crippen LogP contribution in [0, 0.1) is 0 Å². The lowest BCUT2D eigenvalue weighted by Gasteiger charge is -2.03. The van der Waals surface area contributed by atoms with Crippen LogP contribution in [0.4, 0.5) is 5.69 Å². The highest BCUT2D eigenvalue weighted by Crippen LogP contribution is 2.13. The maximum absolute atomic E-state index is 11.9. The van der Waals surface area contributed by atoms with Gasteiger partial charge in [0.1, 0.15) is 0 Å². The van der Waals surface area contributed by atoms with Crippen molar-refractivity contribution in [3.05, 3.63) is 48.7 Å². The summed E-state index contributed by atoms with van der Waals surface area (Å²) < 4.78 is 0. The quantitative estimate of drug-likeness (QED) is 0.711. The van der Waals surface area contributed by atoms with Gasteiger partial charge in [-0.3, -0.25) is 9.78 Å². The normalized spacial score (nSPS) is 10.4. The predicted octanol–water partition coefficient (Wildman–Crippen LogP) is 1.61. The molecule has 6 nitrogen and oxygen atoms in total. The number of hydrogen-bond acceptors (Lipinski definition) is 4. The number of anilines is 1. The van der Waals surface area contributed by atoms with Crippen LogP contribution in [0.3, 0.4) is 0 Å². The third-order valence-corrected chi connectivity index (χ3v) is 2.46. The number of fused-ring (bicyclic) bond motifs is 1. The molecule has 6 heteroatoms. The van der Waals surface area contributed by atoms with Gasteiger partial charge >= 0.3 is 0 Å². The minimum Gasteiger partial charge on any atom is -0.343 e. The fourth-order valence-electron chi connectivity index (χ4n) is 1.60. The molecule has 18 heavy (non-hydrogen) atoms. The van der Waals surface area contributed by atoms with E-state index in [0.29, 0.717) is 16.9 Å². The third-order valence-electron chi connectivity index (χ3n) is 2.46. The van der Waals surface area contributed by atoms with Gasteiger partial charge in [0, 0.05) is 12.4 Å². The van der Waals surface area contributed by atoms with Gasteiger partial charge in [0.25, 0.3) is 5.91 Å². The fourth-order valence-corrected chi connectivity index (χ4v) is 1.60. The minimum absolute atomic E-state index is 0.219. The Bertz CT molecular complexity index is 692. The highest BCUT2D eigenvalue weighted by molar-refractivity contribution is 6.04. The molecular weight excluding hydrogens is 230 g/mol. The minimum atomic E-state index is -0.219. The molecular formula is C12H9N5O. The number of nitrogens with one attached hydrogen (secondary N) is 2. The lowest BCUT2D eigenvalue weighted by atomic mass is 10.2. The molecule has 1 amide bonds. The number of aromatic nitrogens is 4. The number of H-pyrrole nitrogens is 1. The molecule has 0 aliphatic carbocycles. The van der Waals surface area contributed by atoms with E-state index in [1.54, 1.807) is 36.9 Å². The van der Waals surface area contributed by atoms with Crippen LogP contribution in [0.25, 0.3) is 11.2 Å². The zero-order chi connectivity index (χ0) is 12.4. The van der Waals surface area contributed by atoms with E-state index >= 15 is 0 Å². The molecule has 0 bridgehead atoms. The second-order valence-electron chi connectivity index (χ2n) is 3.69. The molecule has 88 valence electrons. The first-order valence-electron chi connectivity index (χ1n) is 5.33. The maximum Gasteiger partial charge on any atom is 0.257 e. The van der Waals surface area contributed by atoms with Crippen molar-refractivity contribution in [1.82, 2.24) is 19.9 Å². The molecule has 3 aromatic heterocycles. The third kappa shape index (κ3) is 1.91. The molecule has 3 heterocycles. The Labute approximate surface area is 102 Å². The van der Waals surface area contributed by atoms with Gasteiger partial charge in [-0.2, -0.15) is 0 Å². The van der Waals surface area contributed by atoms with Crippen molar-refractivity contribution in [1.29, 1.82) is 0 Å². The van der Waals surface area contributed by atoms with Gasteiger partial charge < -0.3 is 10.3 Å². The molecule has 0 saturated carbocycles. The van der Waals surface area contributed by atoms with Crippen molar-refractivity contribution in [3.8, 4) is 0 Å². The van der Waals surface area contributed by atoms with Crippen molar-refractivity contribution >= 4 is 22.8 Å². The van der Waals surface area contributed by atoms with E-state index in [4.69, 9.17) is 0 Å². The molecule has 0 unspecified atom stereocenters. The largest absolute Gasteiger partial charge is 0.343 e. The van der Waals surface area contributed by atoms with E-state index < -0.39 is 0 Å². The summed E-state index contributed by atoms with van der Waals surface area (Å²) in [6.45, 7) is 0. The SMILES string of the molecule is O=C(Nc1cnc2nc[nH]c2c1)c1cccnc1. The van der Waals surface area contributed by atoms with Crippen LogP contribution in [0.5, 0.6) is 0 Å². The van der Waals surface area contributed by atoms with Crippen LogP contribution < -0.4 is 5.32 Å². The van der Waals surface area contributed by atoms with Crippen LogP contribution in [0.15, 0.2) is 43.1 Å². The molecule has 0 saturated heterocycles. The monoisotopic (exact) mass is 239 g/mol. The zero-order valence-electron chi connectivity index (χ0n) is 9.29. The van der Waals surface area contributed by atoms with Crippen LogP contribution in [-0.2, 0) is 0 Å². The second kappa shape index (κ2) is 4.25. The molecule has 0 aromatic carbocycles. The number of aromatic amines is 1. The number of carbonyl (C=O) groups excluding carboxylic acids is 1. The summed E-state index contributed by atoms with van der Waals surface area (Å²) in [5, 5.41) is 2.75. The Kier molecular flexibility index (Phi) is 2.45. The Morgan fingerprint density at radius 3 is 3.06 bits per heavy atom. The summed E-state index contributed by atoms with van der Waals surface area (Å²) in [7, 11) is 0. The van der Waals surface area contributed by atoms with E-state index in [9.17, 15) is 4.79 Å². The second-order valence-corrected chi connectivity index (χ2v) is 3.69. The Hall–Kier alpha value is -2.76. The average Bonchev–Trinajstić information content (AvgIpc) is 2.87. The number of carbonyl (C=O) groups is 1. The van der Waals surface area contributed by atoms with Crippen molar-refractivity contribution in [2.75, 3.05) is 5.32 Å². The number of amides is 1. The predicted molar refractivity (Wildman–Crippen MR) is 66.1 cm³/mol. The van der Waals surface area contributed by atoms with E-state index in [1.807, 2.05) is 0 Å². The van der Waals surface area contributed by atoms with E-state index in [1.165, 1.54) is 6.20 Å². The molecule has 0 aliphatic rings. The fraction of sp³-hybridized carbons (Fsp3) is 0. The van der Waals surface area contributed by atoms with Crippen molar-refractivity contribution in [2.45, 2.75) is 0 Å². The van der Waals surface area contributed by atoms with Gasteiger partial charge in [0.15, 0.2) is 5.65 Å². The summed E-state index contributed by atoms with van der Waals surface area (Å²) in [6, 6.07) is 5.19. The van der Waals surface area contributed by atoms with E-state index in [0.717, 1.165) is 5.52 Å². The number of pyridine rings is 2. The van der Waals surface area contributed by atoms with Crippen LogP contribution in [0.1, 0.15) is 10.4 Å². The Morgan fingerprint density at radius 2 is 2.22 bits per heavy atom. The molecule has 3 aromatic rings. The molecule has 0 radical (unpaired) electrons. The van der Waals surface area contributed by atoms with Gasteiger partial charge in [-0.25, -0.2) is 9.97 Å². The number of rotatable bonds is 2. The van der Waals surface area contributed by atoms with Gasteiger partial charge in [-0.05, 0) is 18.2 Å². The number of hydrogen-bond donors (Lipinski definition) is 2. The number of nitrogens with zero attached hydrogens (tertiary/aromatic N) is 3. The Morgan fingerprint density at radius 1 is 1.28 bits per heavy atom. The molecule has 2 N–H and O–H groups in total. The van der Waals surface area contributed by atoms with E-state index in [2.05, 4.69) is 25.3 Å². The summed E-state index contributed by atoms with van der Waals surface area (Å²) in [5.41, 5.74) is 2.51. The average molecular weight is 239 g/mol.